The second-order valence-corrected chi connectivity index (χ2v) is 5.63. The number of esters is 1. The molecule has 0 spiro atoms. The number of rotatable bonds is 6. The molecule has 1 fully saturated rings. The van der Waals surface area contributed by atoms with Crippen LogP contribution in [0.1, 0.15) is 18.1 Å². The van der Waals surface area contributed by atoms with Crippen LogP contribution in [0.3, 0.4) is 0 Å². The van der Waals surface area contributed by atoms with Crippen LogP contribution < -0.4 is 18.9 Å². The number of hydrogen-bond donors (Lipinski definition) is 0. The monoisotopic (exact) mass is 356 g/mol. The van der Waals surface area contributed by atoms with Gasteiger partial charge in [0.05, 0.1) is 26.9 Å². The molecule has 6 nitrogen and oxygen atoms in total. The Bertz CT molecular complexity index is 787. The van der Waals surface area contributed by atoms with Crippen molar-refractivity contribution in [1.29, 1.82) is 0 Å². The Balaban J connectivity index is 1.82. The summed E-state index contributed by atoms with van der Waals surface area (Å²) in [5.41, 5.74) is 1.23. The van der Waals surface area contributed by atoms with E-state index in [9.17, 15) is 4.79 Å². The largest absolute Gasteiger partial charge is 0.493 e. The molecule has 2 aromatic carbocycles. The Kier molecular flexibility index (Phi) is 5.31. The van der Waals surface area contributed by atoms with Crippen LogP contribution in [0.15, 0.2) is 54.3 Å². The highest BCUT2D eigenvalue weighted by molar-refractivity contribution is 5.90. The molecule has 1 aliphatic heterocycles. The number of benzene rings is 2. The van der Waals surface area contributed by atoms with Crippen molar-refractivity contribution in [1.82, 2.24) is 0 Å². The third-order valence-electron chi connectivity index (χ3n) is 4.06. The number of cyclic esters (lactones) is 1. The van der Waals surface area contributed by atoms with Gasteiger partial charge in [0.25, 0.3) is 0 Å². The van der Waals surface area contributed by atoms with Crippen molar-refractivity contribution >= 4 is 5.97 Å². The van der Waals surface area contributed by atoms with E-state index in [2.05, 4.69) is 0 Å². The maximum Gasteiger partial charge on any atom is 0.337 e. The molecule has 1 aliphatic rings. The zero-order chi connectivity index (χ0) is 18.5. The fourth-order valence-electron chi connectivity index (χ4n) is 2.74. The molecule has 0 N–H and O–H groups in total. The van der Waals surface area contributed by atoms with E-state index in [0.717, 1.165) is 5.56 Å². The van der Waals surface area contributed by atoms with Crippen LogP contribution in [-0.2, 0) is 9.53 Å². The molecule has 0 saturated carbocycles. The molecule has 0 radical (unpaired) electrons. The van der Waals surface area contributed by atoms with E-state index in [-0.39, 0.29) is 0 Å². The fraction of sp³-hybridized carbons (Fsp3) is 0.250. The van der Waals surface area contributed by atoms with E-state index in [1.54, 1.807) is 26.4 Å². The molecular formula is C20H20O6. The number of carbonyl (C=O) groups is 1. The van der Waals surface area contributed by atoms with Gasteiger partial charge in [0.2, 0.25) is 5.75 Å². The zero-order valence-electron chi connectivity index (χ0n) is 14.9. The lowest BCUT2D eigenvalue weighted by molar-refractivity contribution is -0.139. The second kappa shape index (κ2) is 7.82. The summed E-state index contributed by atoms with van der Waals surface area (Å²) in [4.78, 5) is 12.2. The first-order valence-electron chi connectivity index (χ1n) is 8.08. The van der Waals surface area contributed by atoms with Gasteiger partial charge < -0.3 is 23.7 Å². The summed E-state index contributed by atoms with van der Waals surface area (Å²) >= 11 is 0. The third-order valence-corrected chi connectivity index (χ3v) is 4.06. The molecular weight excluding hydrogens is 336 g/mol. The summed E-state index contributed by atoms with van der Waals surface area (Å²) in [5.74, 6) is 1.77. The minimum absolute atomic E-state index is 0.393. The molecule has 2 aromatic rings. The van der Waals surface area contributed by atoms with Crippen LogP contribution in [-0.4, -0.2) is 27.3 Å². The van der Waals surface area contributed by atoms with E-state index in [0.29, 0.717) is 35.0 Å². The Morgan fingerprint density at radius 1 is 1.00 bits per heavy atom. The van der Waals surface area contributed by atoms with E-state index >= 15 is 0 Å². The van der Waals surface area contributed by atoms with Crippen LogP contribution in [0.2, 0.25) is 0 Å². The minimum Gasteiger partial charge on any atom is -0.493 e. The van der Waals surface area contributed by atoms with Crippen LogP contribution in [0, 0.1) is 0 Å². The summed E-state index contributed by atoms with van der Waals surface area (Å²) in [7, 11) is 4.62. The molecule has 0 amide bonds. The molecule has 6 heteroatoms. The van der Waals surface area contributed by atoms with Crippen molar-refractivity contribution in [3.8, 4) is 23.0 Å². The molecule has 0 aliphatic carbocycles. The number of carbonyl (C=O) groups excluding carboxylic acids is 1. The number of methoxy groups -OCH3 is 3. The summed E-state index contributed by atoms with van der Waals surface area (Å²) in [6.07, 6.45) is 1.39. The van der Waals surface area contributed by atoms with Gasteiger partial charge in [0.1, 0.15) is 18.1 Å². The van der Waals surface area contributed by atoms with Crippen molar-refractivity contribution in [3.63, 3.8) is 0 Å². The quantitative estimate of drug-likeness (QED) is 0.447. The Labute approximate surface area is 151 Å². The average Bonchev–Trinajstić information content (AvgIpc) is 3.06. The topological polar surface area (TPSA) is 63.2 Å². The molecule has 26 heavy (non-hydrogen) atoms. The van der Waals surface area contributed by atoms with Gasteiger partial charge in [-0.2, -0.15) is 0 Å². The summed E-state index contributed by atoms with van der Waals surface area (Å²) in [5, 5.41) is 0. The number of ether oxygens (including phenoxy) is 5. The van der Waals surface area contributed by atoms with E-state index in [4.69, 9.17) is 23.7 Å². The third kappa shape index (κ3) is 3.59. The zero-order valence-corrected chi connectivity index (χ0v) is 14.9. The molecule has 1 saturated heterocycles. The highest BCUT2D eigenvalue weighted by Gasteiger charge is 2.32. The fourth-order valence-corrected chi connectivity index (χ4v) is 2.74. The average molecular weight is 356 g/mol. The first-order valence-corrected chi connectivity index (χ1v) is 8.08. The van der Waals surface area contributed by atoms with Gasteiger partial charge in [-0.25, -0.2) is 4.79 Å². The van der Waals surface area contributed by atoms with Gasteiger partial charge >= 0.3 is 5.97 Å². The van der Waals surface area contributed by atoms with Gasteiger partial charge in [-0.15, -0.1) is 0 Å². The van der Waals surface area contributed by atoms with E-state index < -0.39 is 12.1 Å². The van der Waals surface area contributed by atoms with Crippen LogP contribution >= 0.6 is 0 Å². The summed E-state index contributed by atoms with van der Waals surface area (Å²) in [6.45, 7) is 0. The Morgan fingerprint density at radius 3 is 2.23 bits per heavy atom. The standard InChI is InChI=1S/C20H20O6/c1-22-17-9-13(10-18(23-2)19(17)24-3)16-11-14(20(21)26-16)12-25-15-7-5-4-6-8-15/h4-10,12,16H,11H2,1-3H3/b14-12-. The molecule has 1 heterocycles. The second-order valence-electron chi connectivity index (χ2n) is 5.63. The van der Waals surface area contributed by atoms with E-state index in [1.807, 2.05) is 30.3 Å². The normalized spacial score (nSPS) is 17.7. The van der Waals surface area contributed by atoms with Crippen molar-refractivity contribution < 1.29 is 28.5 Å². The molecule has 1 unspecified atom stereocenters. The van der Waals surface area contributed by atoms with Gasteiger partial charge in [-0.1, -0.05) is 18.2 Å². The number of para-hydroxylation sites is 1. The molecule has 0 bridgehead atoms. The van der Waals surface area contributed by atoms with Crippen molar-refractivity contribution in [2.75, 3.05) is 21.3 Å². The van der Waals surface area contributed by atoms with Gasteiger partial charge in [-0.3, -0.25) is 0 Å². The van der Waals surface area contributed by atoms with E-state index in [1.165, 1.54) is 13.4 Å². The predicted molar refractivity (Wildman–Crippen MR) is 94.7 cm³/mol. The maximum atomic E-state index is 12.2. The SMILES string of the molecule is COc1cc(C2C/C(=C/Oc3ccccc3)C(=O)O2)cc(OC)c1OC. The van der Waals surface area contributed by atoms with Gasteiger partial charge in [-0.05, 0) is 24.3 Å². The lowest BCUT2D eigenvalue weighted by Crippen LogP contribution is -2.02. The summed E-state index contributed by atoms with van der Waals surface area (Å²) < 4.78 is 27.0. The maximum absolute atomic E-state index is 12.2. The van der Waals surface area contributed by atoms with Crippen LogP contribution in [0.4, 0.5) is 0 Å². The predicted octanol–water partition coefficient (Wildman–Crippen LogP) is 3.66. The minimum atomic E-state index is -0.443. The van der Waals surface area contributed by atoms with Crippen LogP contribution in [0.5, 0.6) is 23.0 Å². The van der Waals surface area contributed by atoms with Gasteiger partial charge in [0.15, 0.2) is 11.5 Å². The molecule has 1 atom stereocenters. The van der Waals surface area contributed by atoms with Crippen molar-refractivity contribution in [2.24, 2.45) is 0 Å². The molecule has 136 valence electrons. The molecule has 0 aromatic heterocycles. The number of hydrogen-bond acceptors (Lipinski definition) is 6. The first kappa shape index (κ1) is 17.7. The smallest absolute Gasteiger partial charge is 0.337 e. The Morgan fingerprint density at radius 2 is 1.65 bits per heavy atom. The van der Waals surface area contributed by atoms with Crippen molar-refractivity contribution in [3.05, 3.63) is 59.9 Å². The Hall–Kier alpha value is -3.15. The molecule has 3 rings (SSSR count). The summed E-state index contributed by atoms with van der Waals surface area (Å²) in [6, 6.07) is 12.8. The van der Waals surface area contributed by atoms with Crippen LogP contribution in [0.25, 0.3) is 0 Å². The highest BCUT2D eigenvalue weighted by atomic mass is 16.6. The lowest BCUT2D eigenvalue weighted by atomic mass is 10.0. The van der Waals surface area contributed by atoms with Crippen molar-refractivity contribution in [2.45, 2.75) is 12.5 Å². The lowest BCUT2D eigenvalue weighted by Gasteiger charge is -2.16. The highest BCUT2D eigenvalue weighted by Crippen LogP contribution is 2.43. The first-order chi connectivity index (χ1) is 12.7. The van der Waals surface area contributed by atoms with Gasteiger partial charge in [0, 0.05) is 12.0 Å².